The van der Waals surface area contributed by atoms with Crippen LogP contribution in [0.4, 0.5) is 0 Å². The zero-order valence-corrected chi connectivity index (χ0v) is 17.9. The summed E-state index contributed by atoms with van der Waals surface area (Å²) >= 11 is 6.11. The zero-order chi connectivity index (χ0) is 19.5. The molecule has 0 radical (unpaired) electrons. The van der Waals surface area contributed by atoms with Crippen LogP contribution in [0, 0.1) is 0 Å². The summed E-state index contributed by atoms with van der Waals surface area (Å²) in [4.78, 5) is 16.0. The largest absolute Gasteiger partial charge is 0.511 e. The van der Waals surface area contributed by atoms with Crippen molar-refractivity contribution in [1.82, 2.24) is 14.8 Å². The van der Waals surface area contributed by atoms with Crippen molar-refractivity contribution >= 4 is 25.6 Å². The molecule has 0 amide bonds. The molecule has 0 spiro atoms. The number of rotatable bonds is 6. The monoisotopic (exact) mass is 395 g/mol. The molecule has 0 aliphatic heterocycles. The first-order valence-electron chi connectivity index (χ1n) is 8.57. The summed E-state index contributed by atoms with van der Waals surface area (Å²) in [6, 6.07) is 5.05. The van der Waals surface area contributed by atoms with Gasteiger partial charge in [-0.2, -0.15) is 13.1 Å². The van der Waals surface area contributed by atoms with Gasteiger partial charge in [0.15, 0.2) is 5.82 Å². The number of aromatic nitrogens is 3. The fourth-order valence-electron chi connectivity index (χ4n) is 1.90. The van der Waals surface area contributed by atoms with E-state index in [0.717, 1.165) is 0 Å². The molecule has 0 bridgehead atoms. The molecule has 0 N–H and O–H groups in total. The van der Waals surface area contributed by atoms with Crippen LogP contribution in [-0.4, -0.2) is 41.6 Å². The molecule has 8 heteroatoms. The number of pyridine rings is 1. The molecule has 2 aromatic rings. The van der Waals surface area contributed by atoms with Crippen molar-refractivity contribution in [2.75, 3.05) is 12.8 Å². The third-order valence-corrected chi connectivity index (χ3v) is 9.95. The van der Waals surface area contributed by atoms with Gasteiger partial charge in [0, 0.05) is 12.3 Å². The Morgan fingerprint density at radius 3 is 2.54 bits per heavy atom. The highest BCUT2D eigenvalue weighted by atomic mass is 35.5. The average molecular weight is 396 g/mol. The van der Waals surface area contributed by atoms with Gasteiger partial charge in [-0.05, 0) is 25.3 Å². The summed E-state index contributed by atoms with van der Waals surface area (Å²) in [6.45, 7) is 13.4. The van der Waals surface area contributed by atoms with Crippen molar-refractivity contribution in [2.45, 2.75) is 45.8 Å². The van der Waals surface area contributed by atoms with E-state index < -0.39 is 14.0 Å². The third kappa shape index (κ3) is 4.65. The molecule has 0 saturated heterocycles. The Balaban J connectivity index is 2.12. The highest BCUT2D eigenvalue weighted by Crippen LogP contribution is 2.36. The molecule has 2 rings (SSSR count). The maximum Gasteiger partial charge on any atom is 0.341 e. The van der Waals surface area contributed by atoms with Crippen LogP contribution >= 0.6 is 11.6 Å². The molecule has 0 aliphatic rings. The molecule has 6 nitrogen and oxygen atoms in total. The zero-order valence-electron chi connectivity index (χ0n) is 16.2. The number of hydrogen-bond donors (Lipinski definition) is 0. The predicted octanol–water partition coefficient (Wildman–Crippen LogP) is 4.52. The Bertz CT molecular complexity index is 784. The molecule has 0 aliphatic carbocycles. The highest BCUT2D eigenvalue weighted by Gasteiger charge is 2.24. The fourth-order valence-corrected chi connectivity index (χ4v) is 3.06. The van der Waals surface area contributed by atoms with E-state index in [1.165, 1.54) is 0 Å². The van der Waals surface area contributed by atoms with E-state index in [4.69, 9.17) is 21.1 Å². The maximum atomic E-state index is 11.8. The summed E-state index contributed by atoms with van der Waals surface area (Å²) in [5.41, 5.74) is 0.235. The first-order chi connectivity index (χ1) is 12.0. The number of halogens is 1. The quantitative estimate of drug-likeness (QED) is 0.408. The van der Waals surface area contributed by atoms with Gasteiger partial charge in [-0.1, -0.05) is 32.4 Å². The van der Waals surface area contributed by atoms with Crippen LogP contribution in [0.3, 0.4) is 0 Å². The van der Waals surface area contributed by atoms with Crippen molar-refractivity contribution in [2.24, 2.45) is 0 Å². The van der Waals surface area contributed by atoms with E-state index in [1.54, 1.807) is 36.0 Å². The lowest BCUT2D eigenvalue weighted by Gasteiger charge is -2.47. The normalized spacial score (nSPS) is 12.1. The van der Waals surface area contributed by atoms with Gasteiger partial charge in [0.25, 0.3) is 0 Å². The lowest BCUT2D eigenvalue weighted by atomic mass is 10.2. The summed E-state index contributed by atoms with van der Waals surface area (Å²) < 4.78 is 12.4. The Hall–Kier alpha value is -1.86. The van der Waals surface area contributed by atoms with Crippen LogP contribution < -0.4 is 4.74 Å². The van der Waals surface area contributed by atoms with Crippen LogP contribution in [0.1, 0.15) is 38.1 Å². The minimum Gasteiger partial charge on any atom is -0.511 e. The van der Waals surface area contributed by atoms with Gasteiger partial charge in [0.05, 0.1) is 12.2 Å². The molecule has 2 aromatic heterocycles. The molecule has 143 valence electrons. The van der Waals surface area contributed by atoms with Crippen molar-refractivity contribution < 1.29 is 14.3 Å². The van der Waals surface area contributed by atoms with Crippen LogP contribution in [0.2, 0.25) is 23.3 Å². The van der Waals surface area contributed by atoms with E-state index in [0.29, 0.717) is 17.9 Å². The molecule has 0 aromatic carbocycles. The van der Waals surface area contributed by atoms with Gasteiger partial charge in [-0.25, -0.2) is 14.5 Å². The third-order valence-electron chi connectivity index (χ3n) is 4.74. The van der Waals surface area contributed by atoms with E-state index >= 15 is 0 Å². The van der Waals surface area contributed by atoms with Crippen molar-refractivity contribution in [3.8, 4) is 11.7 Å². The topological polar surface area (TPSA) is 66.2 Å². The molecule has 26 heavy (non-hydrogen) atoms. The van der Waals surface area contributed by atoms with Crippen LogP contribution in [-0.2, 0) is 4.74 Å². The number of hydrogen-bond acceptors (Lipinski definition) is 5. The van der Waals surface area contributed by atoms with Gasteiger partial charge in [-0.3, -0.25) is 0 Å². The minimum absolute atomic E-state index is 0.0835. The number of esters is 1. The van der Waals surface area contributed by atoms with E-state index in [2.05, 4.69) is 43.9 Å². The average Bonchev–Trinajstić information content (AvgIpc) is 3.01. The summed E-state index contributed by atoms with van der Waals surface area (Å²) in [6.07, 6.45) is 2.44. The SMILES string of the molecule is CCOC(=O)c1ccc(-n2ccc(OC[Si-](C)(C)C(C)(C)C)n2)nc1Cl. The van der Waals surface area contributed by atoms with E-state index in [-0.39, 0.29) is 22.4 Å². The van der Waals surface area contributed by atoms with Gasteiger partial charge in [0.1, 0.15) is 5.15 Å². The number of carbonyl (C=O) groups is 1. The van der Waals surface area contributed by atoms with Crippen LogP contribution in [0.5, 0.6) is 5.88 Å². The lowest BCUT2D eigenvalue weighted by molar-refractivity contribution is 0.0526. The summed E-state index contributed by atoms with van der Waals surface area (Å²) in [5, 5.41) is 4.72. The van der Waals surface area contributed by atoms with Crippen LogP contribution in [0.25, 0.3) is 5.82 Å². The number of carbonyl (C=O) groups excluding carboxylic acids is 1. The lowest BCUT2D eigenvalue weighted by Crippen LogP contribution is -2.43. The van der Waals surface area contributed by atoms with Gasteiger partial charge >= 0.3 is 5.97 Å². The van der Waals surface area contributed by atoms with Gasteiger partial charge in [0.2, 0.25) is 5.88 Å². The Kier molecular flexibility index (Phi) is 6.13. The Morgan fingerprint density at radius 1 is 1.27 bits per heavy atom. The van der Waals surface area contributed by atoms with E-state index in [1.807, 2.05) is 0 Å². The number of nitrogens with zero attached hydrogens (tertiary/aromatic N) is 3. The molecule has 0 fully saturated rings. The summed E-state index contributed by atoms with van der Waals surface area (Å²) in [5.74, 6) is 0.558. The van der Waals surface area contributed by atoms with Crippen molar-refractivity contribution in [1.29, 1.82) is 0 Å². The summed E-state index contributed by atoms with van der Waals surface area (Å²) in [7, 11) is -1.55. The second kappa shape index (κ2) is 7.80. The first kappa shape index (κ1) is 20.4. The van der Waals surface area contributed by atoms with Gasteiger partial charge in [-0.15, -0.1) is 18.2 Å². The smallest absolute Gasteiger partial charge is 0.341 e. The standard InChI is InChI=1S/C18H26ClN3O3Si/c1-7-24-17(23)13-8-9-14(20-16(13)19)22-11-10-15(21-22)25-12-26(5,6)18(2,3)4/h8-11H,7,12H2,1-6H3/q-1. The van der Waals surface area contributed by atoms with Crippen LogP contribution in [0.15, 0.2) is 24.4 Å². The molecule has 2 heterocycles. The second-order valence-corrected chi connectivity index (χ2v) is 13.7. The number of ether oxygens (including phenoxy) is 2. The second-order valence-electron chi connectivity index (χ2n) is 7.75. The highest BCUT2D eigenvalue weighted by molar-refractivity contribution is 6.80. The molecule has 0 unspecified atom stereocenters. The minimum atomic E-state index is -1.55. The van der Waals surface area contributed by atoms with Gasteiger partial charge < -0.3 is 9.47 Å². The Labute approximate surface area is 160 Å². The molecule has 0 atom stereocenters. The first-order valence-corrected chi connectivity index (χ1v) is 12.2. The van der Waals surface area contributed by atoms with Crippen molar-refractivity contribution in [3.63, 3.8) is 0 Å². The maximum absolute atomic E-state index is 11.8. The molecule has 0 saturated carbocycles. The van der Waals surface area contributed by atoms with E-state index in [9.17, 15) is 4.79 Å². The Morgan fingerprint density at radius 2 is 1.96 bits per heavy atom. The fraction of sp³-hybridized carbons (Fsp3) is 0.500. The molecular formula is C18H26ClN3O3Si-. The predicted molar refractivity (Wildman–Crippen MR) is 105 cm³/mol. The molecular weight excluding hydrogens is 370 g/mol. The van der Waals surface area contributed by atoms with Crippen molar-refractivity contribution in [3.05, 3.63) is 35.1 Å².